The summed E-state index contributed by atoms with van der Waals surface area (Å²) in [4.78, 5) is 13.0. The number of nitrogens with zero attached hydrogens (tertiary/aromatic N) is 2. The van der Waals surface area contributed by atoms with Crippen LogP contribution >= 0.6 is 11.6 Å². The molecule has 0 unspecified atom stereocenters. The van der Waals surface area contributed by atoms with E-state index in [0.29, 0.717) is 18.2 Å². The van der Waals surface area contributed by atoms with E-state index in [2.05, 4.69) is 17.0 Å². The lowest BCUT2D eigenvalue weighted by Crippen LogP contribution is -2.37. The van der Waals surface area contributed by atoms with Crippen LogP contribution in [-0.2, 0) is 6.42 Å². The second-order valence-electron chi connectivity index (χ2n) is 6.95. The molecule has 144 valence electrons. The van der Waals surface area contributed by atoms with Gasteiger partial charge in [0.2, 0.25) is 0 Å². The lowest BCUT2D eigenvalue weighted by Gasteiger charge is -2.31. The molecule has 2 aromatic carbocycles. The zero-order chi connectivity index (χ0) is 19.2. The molecule has 1 saturated heterocycles. The Morgan fingerprint density at radius 1 is 1.19 bits per heavy atom. The molecule has 3 rings (SSSR count). The number of piperidine rings is 1. The lowest BCUT2D eigenvalue weighted by atomic mass is 9.90. The first-order chi connectivity index (χ1) is 13.0. The number of benzene rings is 2. The van der Waals surface area contributed by atoms with E-state index >= 15 is 0 Å². The molecule has 0 aromatic heterocycles. The number of halogens is 1. The number of nitro benzene ring substituents is 1. The molecular weight excluding hydrogens is 366 g/mol. The molecule has 0 amide bonds. The number of hydrogen-bond acceptors (Lipinski definition) is 5. The van der Waals surface area contributed by atoms with E-state index in [0.717, 1.165) is 43.9 Å². The third-order valence-corrected chi connectivity index (χ3v) is 5.24. The van der Waals surface area contributed by atoms with Gasteiger partial charge < -0.3 is 10.5 Å². The summed E-state index contributed by atoms with van der Waals surface area (Å²) in [5, 5.41) is 11.9. The van der Waals surface area contributed by atoms with Crippen molar-refractivity contribution in [3.05, 3.63) is 63.2 Å². The number of rotatable bonds is 7. The van der Waals surface area contributed by atoms with E-state index in [1.165, 1.54) is 11.6 Å². The maximum atomic E-state index is 11.1. The average Bonchev–Trinajstić information content (AvgIpc) is 2.66. The lowest BCUT2D eigenvalue weighted by molar-refractivity contribution is -0.385. The maximum absolute atomic E-state index is 11.1. The van der Waals surface area contributed by atoms with Crippen LogP contribution in [0.4, 0.5) is 11.4 Å². The minimum atomic E-state index is -0.464. The molecule has 1 heterocycles. The van der Waals surface area contributed by atoms with Gasteiger partial charge in [-0.3, -0.25) is 15.0 Å². The molecule has 0 atom stereocenters. The Labute approximate surface area is 164 Å². The van der Waals surface area contributed by atoms with E-state index in [4.69, 9.17) is 22.1 Å². The van der Waals surface area contributed by atoms with Crippen LogP contribution in [0, 0.1) is 16.0 Å². The largest absolute Gasteiger partial charge is 0.485 e. The Morgan fingerprint density at radius 2 is 1.89 bits per heavy atom. The molecule has 0 spiro atoms. The van der Waals surface area contributed by atoms with Crippen LogP contribution in [0.3, 0.4) is 0 Å². The highest BCUT2D eigenvalue weighted by atomic mass is 35.5. The molecule has 0 saturated carbocycles. The van der Waals surface area contributed by atoms with E-state index in [-0.39, 0.29) is 11.4 Å². The van der Waals surface area contributed by atoms with Crippen LogP contribution in [0.1, 0.15) is 18.4 Å². The van der Waals surface area contributed by atoms with Gasteiger partial charge in [-0.2, -0.15) is 0 Å². The van der Waals surface area contributed by atoms with Gasteiger partial charge in [0.05, 0.1) is 4.92 Å². The van der Waals surface area contributed by atoms with Crippen LogP contribution in [0.5, 0.6) is 5.75 Å². The van der Waals surface area contributed by atoms with Crippen LogP contribution < -0.4 is 10.5 Å². The zero-order valence-corrected chi connectivity index (χ0v) is 15.9. The molecule has 1 aliphatic rings. The number of hydrogen-bond donors (Lipinski definition) is 1. The number of likely N-dealkylation sites (tertiary alicyclic amines) is 1. The molecule has 2 N–H and O–H groups in total. The maximum Gasteiger partial charge on any atom is 0.312 e. The number of nitrogens with two attached hydrogens (primary N) is 1. The molecule has 7 heteroatoms. The van der Waals surface area contributed by atoms with Gasteiger partial charge in [-0.15, -0.1) is 0 Å². The fourth-order valence-corrected chi connectivity index (χ4v) is 3.58. The fourth-order valence-electron chi connectivity index (χ4n) is 3.45. The van der Waals surface area contributed by atoms with Crippen LogP contribution in [0.2, 0.25) is 5.02 Å². The van der Waals surface area contributed by atoms with Crippen molar-refractivity contribution in [3.8, 4) is 5.75 Å². The number of ether oxygens (including phenoxy) is 1. The fraction of sp³-hybridized carbons (Fsp3) is 0.400. The van der Waals surface area contributed by atoms with Crippen LogP contribution in [0.15, 0.2) is 42.5 Å². The summed E-state index contributed by atoms with van der Waals surface area (Å²) in [6.07, 6.45) is 3.37. The first-order valence-corrected chi connectivity index (χ1v) is 9.52. The van der Waals surface area contributed by atoms with Gasteiger partial charge in [0.1, 0.15) is 6.61 Å². The van der Waals surface area contributed by atoms with Gasteiger partial charge >= 0.3 is 5.69 Å². The van der Waals surface area contributed by atoms with Gasteiger partial charge in [-0.25, -0.2) is 0 Å². The molecule has 0 bridgehead atoms. The van der Waals surface area contributed by atoms with Crippen molar-refractivity contribution in [2.75, 3.05) is 32.0 Å². The summed E-state index contributed by atoms with van der Waals surface area (Å²) >= 11 is 5.94. The third-order valence-electron chi connectivity index (χ3n) is 4.99. The molecule has 27 heavy (non-hydrogen) atoms. The summed E-state index contributed by atoms with van der Waals surface area (Å²) in [6, 6.07) is 12.6. The van der Waals surface area contributed by atoms with Gasteiger partial charge in [-0.1, -0.05) is 23.7 Å². The molecule has 0 aliphatic carbocycles. The summed E-state index contributed by atoms with van der Waals surface area (Å²) < 4.78 is 5.64. The topological polar surface area (TPSA) is 81.6 Å². The minimum Gasteiger partial charge on any atom is -0.485 e. The quantitative estimate of drug-likeness (QED) is 0.436. The second-order valence-corrected chi connectivity index (χ2v) is 7.38. The third kappa shape index (κ3) is 5.58. The summed E-state index contributed by atoms with van der Waals surface area (Å²) in [5.74, 6) is 0.952. The minimum absolute atomic E-state index is 0.0864. The first kappa shape index (κ1) is 19.5. The molecule has 1 fully saturated rings. The van der Waals surface area contributed by atoms with E-state index in [1.54, 1.807) is 12.1 Å². The smallest absolute Gasteiger partial charge is 0.312 e. The van der Waals surface area contributed by atoms with Crippen LogP contribution in [-0.4, -0.2) is 36.1 Å². The van der Waals surface area contributed by atoms with Crippen molar-refractivity contribution in [3.63, 3.8) is 0 Å². The van der Waals surface area contributed by atoms with Crippen molar-refractivity contribution in [2.24, 2.45) is 5.92 Å². The van der Waals surface area contributed by atoms with Crippen molar-refractivity contribution in [1.29, 1.82) is 0 Å². The Morgan fingerprint density at radius 3 is 2.56 bits per heavy atom. The van der Waals surface area contributed by atoms with E-state index < -0.39 is 4.92 Å². The Hall–Kier alpha value is -2.31. The Kier molecular flexibility index (Phi) is 6.53. The summed E-state index contributed by atoms with van der Waals surface area (Å²) in [6.45, 7) is 3.22. The van der Waals surface area contributed by atoms with Gasteiger partial charge in [0, 0.05) is 23.3 Å². The molecular formula is C20H24ClN3O3. The van der Waals surface area contributed by atoms with E-state index in [1.807, 2.05) is 12.1 Å². The Bertz CT molecular complexity index is 775. The first-order valence-electron chi connectivity index (χ1n) is 9.15. The normalized spacial score (nSPS) is 15.6. The van der Waals surface area contributed by atoms with Gasteiger partial charge in [0.25, 0.3) is 0 Å². The predicted octanol–water partition coefficient (Wildman–Crippen LogP) is 4.16. The zero-order valence-electron chi connectivity index (χ0n) is 15.1. The van der Waals surface area contributed by atoms with Crippen molar-refractivity contribution in [1.82, 2.24) is 4.90 Å². The monoisotopic (exact) mass is 389 g/mol. The summed E-state index contributed by atoms with van der Waals surface area (Å²) in [5.41, 5.74) is 7.21. The average molecular weight is 390 g/mol. The van der Waals surface area contributed by atoms with Crippen molar-refractivity contribution in [2.45, 2.75) is 19.3 Å². The van der Waals surface area contributed by atoms with Gasteiger partial charge in [-0.05, 0) is 68.1 Å². The number of anilines is 1. The van der Waals surface area contributed by atoms with Gasteiger partial charge in [0.15, 0.2) is 5.75 Å². The Balaban J connectivity index is 1.42. The highest BCUT2D eigenvalue weighted by Crippen LogP contribution is 2.29. The molecule has 1 aliphatic heterocycles. The van der Waals surface area contributed by atoms with E-state index in [9.17, 15) is 10.1 Å². The summed E-state index contributed by atoms with van der Waals surface area (Å²) in [7, 11) is 0. The second kappa shape index (κ2) is 9.06. The highest BCUT2D eigenvalue weighted by molar-refractivity contribution is 6.30. The molecule has 2 aromatic rings. The highest BCUT2D eigenvalue weighted by Gasteiger charge is 2.20. The number of nitro groups is 1. The SMILES string of the molecule is Nc1ccc(OCCN2CCC(Cc3ccc(Cl)cc3)CC2)c([N+](=O)[O-])c1. The van der Waals surface area contributed by atoms with Crippen molar-refractivity contribution >= 4 is 23.0 Å². The molecule has 6 nitrogen and oxygen atoms in total. The molecule has 0 radical (unpaired) electrons. The number of nitrogen functional groups attached to an aromatic ring is 1. The van der Waals surface area contributed by atoms with Crippen LogP contribution in [0.25, 0.3) is 0 Å². The predicted molar refractivity (Wildman–Crippen MR) is 107 cm³/mol. The standard InChI is InChI=1S/C20H24ClN3O3/c21-17-3-1-15(2-4-17)13-16-7-9-23(10-8-16)11-12-27-20-6-5-18(22)14-19(20)24(25)26/h1-6,14,16H,7-13,22H2. The van der Waals surface area contributed by atoms with Crippen molar-refractivity contribution < 1.29 is 9.66 Å².